The Morgan fingerprint density at radius 2 is 2.10 bits per heavy atom. The number of methoxy groups -OCH3 is 1. The van der Waals surface area contributed by atoms with Crippen molar-refractivity contribution in [3.05, 3.63) is 17.2 Å². The summed E-state index contributed by atoms with van der Waals surface area (Å²) in [7, 11) is 2.81. The summed E-state index contributed by atoms with van der Waals surface area (Å²) in [5.41, 5.74) is 0.740. The van der Waals surface area contributed by atoms with Gasteiger partial charge in [-0.3, -0.25) is 4.90 Å². The predicted molar refractivity (Wildman–Crippen MR) is 64.2 cm³/mol. The number of hydrogen-bond donors (Lipinski definition) is 0. The molecular formula is C13H14F3NO3. The molecule has 7 heteroatoms. The van der Waals surface area contributed by atoms with Crippen molar-refractivity contribution in [3.63, 3.8) is 0 Å². The monoisotopic (exact) mass is 289 g/mol. The van der Waals surface area contributed by atoms with Gasteiger partial charge in [-0.05, 0) is 25.1 Å². The van der Waals surface area contributed by atoms with Gasteiger partial charge in [0.05, 0.1) is 7.11 Å². The average molecular weight is 289 g/mol. The third-order valence-electron chi connectivity index (χ3n) is 3.71. The molecule has 0 amide bonds. The van der Waals surface area contributed by atoms with E-state index < -0.39 is 12.2 Å². The summed E-state index contributed by atoms with van der Waals surface area (Å²) < 4.78 is 55.8. The van der Waals surface area contributed by atoms with Crippen molar-refractivity contribution >= 4 is 0 Å². The maximum Gasteiger partial charge on any atom is 0.408 e. The molecule has 4 nitrogen and oxygen atoms in total. The van der Waals surface area contributed by atoms with Gasteiger partial charge in [-0.2, -0.15) is 13.2 Å². The lowest BCUT2D eigenvalue weighted by Gasteiger charge is -2.36. The average Bonchev–Trinajstić information content (AvgIpc) is 2.82. The Hall–Kier alpha value is -1.63. The standard InChI is InChI=1S/C13H14F3NO3/c1-17-4-3-7-5-8-10(20-6-19-8)11(18-2)9(7)12(17)13(14,15)16/h5,12H,3-4,6H2,1-2H3. The molecule has 0 N–H and O–H groups in total. The zero-order valence-electron chi connectivity index (χ0n) is 11.1. The van der Waals surface area contributed by atoms with Gasteiger partial charge in [0.1, 0.15) is 6.04 Å². The molecule has 1 atom stereocenters. The Bertz CT molecular complexity index is 545. The number of ether oxygens (including phenoxy) is 3. The smallest absolute Gasteiger partial charge is 0.408 e. The summed E-state index contributed by atoms with van der Waals surface area (Å²) in [5, 5.41) is 0. The molecule has 1 unspecified atom stereocenters. The second-order valence-electron chi connectivity index (χ2n) is 4.89. The third-order valence-corrected chi connectivity index (χ3v) is 3.71. The molecule has 3 rings (SSSR count). The number of rotatable bonds is 1. The molecule has 2 aliphatic heterocycles. The zero-order chi connectivity index (χ0) is 14.5. The van der Waals surface area contributed by atoms with Gasteiger partial charge >= 0.3 is 6.18 Å². The quantitative estimate of drug-likeness (QED) is 0.795. The summed E-state index contributed by atoms with van der Waals surface area (Å²) in [5.74, 6) is 0.839. The fourth-order valence-corrected chi connectivity index (χ4v) is 2.85. The minimum Gasteiger partial charge on any atom is -0.492 e. The molecule has 2 aliphatic rings. The van der Waals surface area contributed by atoms with Crippen LogP contribution in [-0.2, 0) is 6.42 Å². The fraction of sp³-hybridized carbons (Fsp3) is 0.538. The molecule has 0 fully saturated rings. The minimum absolute atomic E-state index is 0.00110. The molecule has 0 radical (unpaired) electrons. The first-order valence-electron chi connectivity index (χ1n) is 6.19. The largest absolute Gasteiger partial charge is 0.492 e. The van der Waals surface area contributed by atoms with E-state index in [1.54, 1.807) is 6.07 Å². The van der Waals surface area contributed by atoms with E-state index in [2.05, 4.69) is 0 Å². The van der Waals surface area contributed by atoms with Gasteiger partial charge in [-0.1, -0.05) is 0 Å². The van der Waals surface area contributed by atoms with Crippen molar-refractivity contribution in [1.82, 2.24) is 4.90 Å². The van der Waals surface area contributed by atoms with E-state index >= 15 is 0 Å². The van der Waals surface area contributed by atoms with Crippen molar-refractivity contribution in [2.75, 3.05) is 27.5 Å². The topological polar surface area (TPSA) is 30.9 Å². The van der Waals surface area contributed by atoms with Crippen LogP contribution in [0.4, 0.5) is 13.2 Å². The normalized spacial score (nSPS) is 21.8. The van der Waals surface area contributed by atoms with E-state index in [-0.39, 0.29) is 23.9 Å². The van der Waals surface area contributed by atoms with Gasteiger partial charge in [0.15, 0.2) is 11.5 Å². The number of nitrogens with zero attached hydrogens (tertiary/aromatic N) is 1. The van der Waals surface area contributed by atoms with Crippen LogP contribution in [0.5, 0.6) is 17.2 Å². The fourth-order valence-electron chi connectivity index (χ4n) is 2.85. The number of halogens is 3. The number of likely N-dealkylation sites (N-methyl/N-ethyl adjacent to an activating group) is 1. The molecule has 20 heavy (non-hydrogen) atoms. The van der Waals surface area contributed by atoms with Gasteiger partial charge in [0.2, 0.25) is 12.5 Å². The lowest BCUT2D eigenvalue weighted by Crippen LogP contribution is -2.41. The van der Waals surface area contributed by atoms with Crippen molar-refractivity contribution < 1.29 is 27.4 Å². The molecule has 0 spiro atoms. The predicted octanol–water partition coefficient (Wildman–Crippen LogP) is 2.52. The number of benzene rings is 1. The highest BCUT2D eigenvalue weighted by atomic mass is 19.4. The molecule has 0 aliphatic carbocycles. The Morgan fingerprint density at radius 1 is 1.35 bits per heavy atom. The van der Waals surface area contributed by atoms with Crippen molar-refractivity contribution in [3.8, 4) is 17.2 Å². The molecule has 0 saturated heterocycles. The first-order valence-corrected chi connectivity index (χ1v) is 6.19. The SMILES string of the molecule is COc1c2c(cc3c1C(C(F)(F)F)N(C)CC3)OCO2. The van der Waals surface area contributed by atoms with Gasteiger partial charge in [0.25, 0.3) is 0 Å². The van der Waals surface area contributed by atoms with Crippen molar-refractivity contribution in [1.29, 1.82) is 0 Å². The summed E-state index contributed by atoms with van der Waals surface area (Å²) in [6.07, 6.45) is -3.85. The van der Waals surface area contributed by atoms with Crippen LogP contribution < -0.4 is 14.2 Å². The van der Waals surface area contributed by atoms with Gasteiger partial charge in [-0.15, -0.1) is 0 Å². The molecular weight excluding hydrogens is 275 g/mol. The van der Waals surface area contributed by atoms with Crippen molar-refractivity contribution in [2.24, 2.45) is 0 Å². The van der Waals surface area contributed by atoms with E-state index in [0.717, 1.165) is 0 Å². The first-order chi connectivity index (χ1) is 9.43. The highest BCUT2D eigenvalue weighted by molar-refractivity contribution is 5.62. The van der Waals surface area contributed by atoms with Crippen LogP contribution in [0.25, 0.3) is 0 Å². The zero-order valence-corrected chi connectivity index (χ0v) is 11.1. The van der Waals surface area contributed by atoms with E-state index in [4.69, 9.17) is 14.2 Å². The molecule has 1 aromatic carbocycles. The van der Waals surface area contributed by atoms with Crippen LogP contribution in [0, 0.1) is 0 Å². The molecule has 110 valence electrons. The third kappa shape index (κ3) is 1.88. The van der Waals surface area contributed by atoms with E-state index in [9.17, 15) is 13.2 Å². The van der Waals surface area contributed by atoms with Crippen LogP contribution in [-0.4, -0.2) is 38.6 Å². The Morgan fingerprint density at radius 3 is 2.75 bits per heavy atom. The van der Waals surface area contributed by atoms with Gasteiger partial charge < -0.3 is 14.2 Å². The number of fused-ring (bicyclic) bond motifs is 2. The Kier molecular flexibility index (Phi) is 2.97. The van der Waals surface area contributed by atoms with Gasteiger partial charge in [0, 0.05) is 12.1 Å². The highest BCUT2D eigenvalue weighted by Crippen LogP contribution is 2.52. The first kappa shape index (κ1) is 13.4. The molecule has 0 bridgehead atoms. The van der Waals surface area contributed by atoms with E-state index in [1.807, 2.05) is 0 Å². The van der Waals surface area contributed by atoms with Crippen LogP contribution >= 0.6 is 0 Å². The molecule has 0 aromatic heterocycles. The molecule has 0 saturated carbocycles. The van der Waals surface area contributed by atoms with Gasteiger partial charge in [-0.25, -0.2) is 0 Å². The number of hydrogen-bond acceptors (Lipinski definition) is 4. The summed E-state index contributed by atoms with van der Waals surface area (Å²) in [6, 6.07) is -0.0537. The minimum atomic E-state index is -4.37. The Labute approximate surface area is 114 Å². The highest BCUT2D eigenvalue weighted by Gasteiger charge is 2.48. The summed E-state index contributed by atoms with van der Waals surface area (Å²) >= 11 is 0. The van der Waals surface area contributed by atoms with E-state index in [1.165, 1.54) is 19.1 Å². The van der Waals surface area contributed by atoms with Crippen LogP contribution in [0.15, 0.2) is 6.07 Å². The summed E-state index contributed by atoms with van der Waals surface area (Å²) in [4.78, 5) is 1.28. The van der Waals surface area contributed by atoms with E-state index in [0.29, 0.717) is 24.3 Å². The maximum absolute atomic E-state index is 13.4. The molecule has 2 heterocycles. The lowest BCUT2D eigenvalue weighted by molar-refractivity contribution is -0.185. The summed E-state index contributed by atoms with van der Waals surface area (Å²) in [6.45, 7) is 0.334. The Balaban J connectivity index is 2.23. The second kappa shape index (κ2) is 4.44. The van der Waals surface area contributed by atoms with Crippen LogP contribution in [0.3, 0.4) is 0 Å². The van der Waals surface area contributed by atoms with Crippen LogP contribution in [0.1, 0.15) is 17.2 Å². The second-order valence-corrected chi connectivity index (χ2v) is 4.89. The lowest BCUT2D eigenvalue weighted by atomic mass is 9.91. The maximum atomic E-state index is 13.4. The number of alkyl halides is 3. The molecule has 1 aromatic rings. The van der Waals surface area contributed by atoms with Crippen LogP contribution in [0.2, 0.25) is 0 Å². The van der Waals surface area contributed by atoms with Crippen molar-refractivity contribution in [2.45, 2.75) is 18.6 Å².